The van der Waals surface area contributed by atoms with Gasteiger partial charge in [-0.15, -0.1) is 0 Å². The predicted molar refractivity (Wildman–Crippen MR) is 122 cm³/mol. The fourth-order valence-corrected chi connectivity index (χ4v) is 3.20. The number of amides is 1. The van der Waals surface area contributed by atoms with Crippen molar-refractivity contribution in [2.45, 2.75) is 13.8 Å². The highest BCUT2D eigenvalue weighted by Crippen LogP contribution is 2.28. The number of nitrogens with zero attached hydrogens (tertiary/aromatic N) is 2. The molecule has 0 radical (unpaired) electrons. The van der Waals surface area contributed by atoms with Gasteiger partial charge >= 0.3 is 0 Å². The maximum absolute atomic E-state index is 13.3. The number of anilines is 1. The average molecular weight is 396 g/mol. The largest absolute Gasteiger partial charge is 0.493 e. The van der Waals surface area contributed by atoms with Crippen molar-refractivity contribution in [1.29, 1.82) is 0 Å². The van der Waals surface area contributed by atoms with E-state index in [9.17, 15) is 4.79 Å². The third kappa shape index (κ3) is 4.33. The number of amidine groups is 1. The van der Waals surface area contributed by atoms with Crippen molar-refractivity contribution < 1.29 is 9.53 Å². The molecule has 0 N–H and O–H groups in total. The molecular formula is C26H24N2O2. The second-order valence-electron chi connectivity index (χ2n) is 7.58. The minimum atomic E-state index is -0.139. The lowest BCUT2D eigenvalue weighted by Crippen LogP contribution is -2.32. The van der Waals surface area contributed by atoms with E-state index in [1.165, 1.54) is 0 Å². The van der Waals surface area contributed by atoms with Crippen molar-refractivity contribution in [3.05, 3.63) is 102 Å². The highest BCUT2D eigenvalue weighted by molar-refractivity contribution is 6.33. The van der Waals surface area contributed by atoms with Gasteiger partial charge in [0.05, 0.1) is 12.3 Å². The molecule has 0 unspecified atom stereocenters. The maximum Gasteiger partial charge on any atom is 0.282 e. The number of aliphatic imine (C=N–C) groups is 1. The van der Waals surface area contributed by atoms with E-state index in [-0.39, 0.29) is 5.91 Å². The Morgan fingerprint density at radius 1 is 0.900 bits per heavy atom. The maximum atomic E-state index is 13.3. The summed E-state index contributed by atoms with van der Waals surface area (Å²) in [5.74, 6) is 1.74. The Morgan fingerprint density at radius 2 is 1.53 bits per heavy atom. The van der Waals surface area contributed by atoms with Crippen molar-refractivity contribution in [3.63, 3.8) is 0 Å². The van der Waals surface area contributed by atoms with Gasteiger partial charge < -0.3 is 4.74 Å². The van der Waals surface area contributed by atoms with Gasteiger partial charge in [0.2, 0.25) is 0 Å². The molecule has 1 amide bonds. The first kappa shape index (κ1) is 19.6. The van der Waals surface area contributed by atoms with Crippen molar-refractivity contribution in [3.8, 4) is 5.75 Å². The first-order valence-corrected chi connectivity index (χ1v) is 10.1. The number of benzene rings is 3. The zero-order valence-electron chi connectivity index (χ0n) is 17.2. The minimum Gasteiger partial charge on any atom is -0.493 e. The highest BCUT2D eigenvalue weighted by Gasteiger charge is 2.32. The molecule has 30 heavy (non-hydrogen) atoms. The molecule has 0 fully saturated rings. The Kier molecular flexibility index (Phi) is 5.75. The molecule has 0 atom stereocenters. The van der Waals surface area contributed by atoms with Crippen LogP contribution >= 0.6 is 0 Å². The molecule has 4 nitrogen and oxygen atoms in total. The molecule has 4 rings (SSSR count). The fraction of sp³-hybridized carbons (Fsp3) is 0.154. The second-order valence-corrected chi connectivity index (χ2v) is 7.58. The third-order valence-electron chi connectivity index (χ3n) is 4.67. The number of para-hydroxylation sites is 1. The highest BCUT2D eigenvalue weighted by atomic mass is 16.5. The van der Waals surface area contributed by atoms with Gasteiger partial charge in [0.15, 0.2) is 0 Å². The summed E-state index contributed by atoms with van der Waals surface area (Å²) >= 11 is 0. The van der Waals surface area contributed by atoms with Crippen LogP contribution in [0.2, 0.25) is 0 Å². The third-order valence-corrected chi connectivity index (χ3v) is 4.67. The molecule has 1 aliphatic heterocycles. The Bertz CT molecular complexity index is 1070. The van der Waals surface area contributed by atoms with Crippen LogP contribution in [-0.4, -0.2) is 18.3 Å². The summed E-state index contributed by atoms with van der Waals surface area (Å²) in [5.41, 5.74) is 3.01. The van der Waals surface area contributed by atoms with Crippen LogP contribution in [0.25, 0.3) is 6.08 Å². The molecule has 0 saturated heterocycles. The summed E-state index contributed by atoms with van der Waals surface area (Å²) in [6, 6.07) is 27.1. The van der Waals surface area contributed by atoms with Crippen LogP contribution in [0.1, 0.15) is 25.0 Å². The molecule has 1 aliphatic rings. The lowest BCUT2D eigenvalue weighted by atomic mass is 10.1. The van der Waals surface area contributed by atoms with Crippen LogP contribution in [0.15, 0.2) is 95.6 Å². The van der Waals surface area contributed by atoms with Gasteiger partial charge in [-0.25, -0.2) is 4.99 Å². The zero-order chi connectivity index (χ0) is 20.9. The number of ether oxygens (including phenoxy) is 1. The summed E-state index contributed by atoms with van der Waals surface area (Å²) < 4.78 is 5.79. The molecule has 0 aromatic heterocycles. The quantitative estimate of drug-likeness (QED) is 0.512. The Balaban J connectivity index is 1.71. The van der Waals surface area contributed by atoms with Crippen LogP contribution in [0.4, 0.5) is 5.69 Å². The van der Waals surface area contributed by atoms with E-state index in [4.69, 9.17) is 9.73 Å². The van der Waals surface area contributed by atoms with E-state index < -0.39 is 0 Å². The first-order chi connectivity index (χ1) is 14.6. The van der Waals surface area contributed by atoms with E-state index in [2.05, 4.69) is 13.8 Å². The van der Waals surface area contributed by atoms with Crippen molar-refractivity contribution in [1.82, 2.24) is 0 Å². The molecule has 3 aromatic rings. The lowest BCUT2D eigenvalue weighted by molar-refractivity contribution is -0.113. The van der Waals surface area contributed by atoms with Gasteiger partial charge in [-0.2, -0.15) is 0 Å². The molecule has 1 heterocycles. The summed E-state index contributed by atoms with van der Waals surface area (Å²) in [6.45, 7) is 4.90. The van der Waals surface area contributed by atoms with Crippen molar-refractivity contribution in [2.75, 3.05) is 11.5 Å². The normalized spacial score (nSPS) is 15.0. The Hall–Kier alpha value is -3.66. The zero-order valence-corrected chi connectivity index (χ0v) is 17.2. The van der Waals surface area contributed by atoms with Crippen LogP contribution in [-0.2, 0) is 4.79 Å². The van der Waals surface area contributed by atoms with Crippen LogP contribution in [0.5, 0.6) is 5.75 Å². The standard InChI is InChI=1S/C26H24N2O2/c1-19(2)18-30-23-15-13-21(14-16-23)25-27-24(17-20-9-5-3-6-10-20)26(29)28(25)22-11-7-4-8-12-22/h3-17,19H,18H2,1-2H3. The molecule has 4 heteroatoms. The Labute approximate surface area is 177 Å². The minimum absolute atomic E-state index is 0.139. The van der Waals surface area contributed by atoms with Crippen LogP contribution < -0.4 is 9.64 Å². The lowest BCUT2D eigenvalue weighted by Gasteiger charge is -2.18. The molecule has 0 aliphatic carbocycles. The van der Waals surface area contributed by atoms with E-state index in [1.807, 2.05) is 91.0 Å². The van der Waals surface area contributed by atoms with E-state index >= 15 is 0 Å². The molecule has 150 valence electrons. The van der Waals surface area contributed by atoms with Gasteiger partial charge in [0, 0.05) is 5.56 Å². The number of hydrogen-bond donors (Lipinski definition) is 0. The average Bonchev–Trinajstić information content (AvgIpc) is 3.10. The Morgan fingerprint density at radius 3 is 2.17 bits per heavy atom. The fourth-order valence-electron chi connectivity index (χ4n) is 3.20. The van der Waals surface area contributed by atoms with Gasteiger partial charge in [0.1, 0.15) is 17.3 Å². The van der Waals surface area contributed by atoms with E-state index in [0.717, 1.165) is 22.6 Å². The smallest absolute Gasteiger partial charge is 0.282 e. The van der Waals surface area contributed by atoms with Crippen molar-refractivity contribution in [2.24, 2.45) is 10.9 Å². The molecule has 0 spiro atoms. The van der Waals surface area contributed by atoms with Crippen molar-refractivity contribution >= 4 is 23.5 Å². The summed E-state index contributed by atoms with van der Waals surface area (Å²) in [6.07, 6.45) is 1.82. The predicted octanol–water partition coefficient (Wildman–Crippen LogP) is 5.56. The molecule has 3 aromatic carbocycles. The summed E-state index contributed by atoms with van der Waals surface area (Å²) in [7, 11) is 0. The SMILES string of the molecule is CC(C)COc1ccc(C2=NC(=Cc3ccccc3)C(=O)N2c2ccccc2)cc1. The first-order valence-electron chi connectivity index (χ1n) is 10.1. The topological polar surface area (TPSA) is 41.9 Å². The second kappa shape index (κ2) is 8.78. The van der Waals surface area contributed by atoms with Gasteiger partial charge in [-0.05, 0) is 54.0 Å². The summed E-state index contributed by atoms with van der Waals surface area (Å²) in [5, 5.41) is 0. The number of carbonyl (C=O) groups excluding carboxylic acids is 1. The number of carbonyl (C=O) groups is 1. The summed E-state index contributed by atoms with van der Waals surface area (Å²) in [4.78, 5) is 19.6. The molecular weight excluding hydrogens is 372 g/mol. The van der Waals surface area contributed by atoms with Gasteiger partial charge in [-0.3, -0.25) is 9.69 Å². The van der Waals surface area contributed by atoms with Crippen LogP contribution in [0, 0.1) is 5.92 Å². The van der Waals surface area contributed by atoms with Gasteiger partial charge in [0.25, 0.3) is 5.91 Å². The number of rotatable bonds is 6. The monoisotopic (exact) mass is 396 g/mol. The van der Waals surface area contributed by atoms with E-state index in [1.54, 1.807) is 4.90 Å². The number of hydrogen-bond acceptors (Lipinski definition) is 3. The molecule has 0 saturated carbocycles. The van der Waals surface area contributed by atoms with Gasteiger partial charge in [-0.1, -0.05) is 62.4 Å². The van der Waals surface area contributed by atoms with Crippen LogP contribution in [0.3, 0.4) is 0 Å². The molecule has 0 bridgehead atoms. The van der Waals surface area contributed by atoms with E-state index in [0.29, 0.717) is 24.1 Å².